The second-order valence-corrected chi connectivity index (χ2v) is 7.08. The van der Waals surface area contributed by atoms with Crippen LogP contribution in [0.1, 0.15) is 19.8 Å². The fourth-order valence-corrected chi connectivity index (χ4v) is 3.41. The van der Waals surface area contributed by atoms with E-state index in [4.69, 9.17) is 4.74 Å². The molecule has 0 bridgehead atoms. The Hall–Kier alpha value is -1.73. The standard InChI is InChI=1S/C15H20N2O4S/c1-3-8-22(19,20)16-7-6-12-9-11-4-5-13(21-2)10-14(11)17-15(12)18/h4-5,9-10,12,16H,3,6-8H2,1-2H3. The molecule has 0 saturated heterocycles. The highest BCUT2D eigenvalue weighted by Gasteiger charge is 2.19. The number of nitrogens with one attached hydrogen (secondary N) is 1. The number of nitrogens with zero attached hydrogens (tertiary/aromatic N) is 1. The van der Waals surface area contributed by atoms with E-state index in [-0.39, 0.29) is 18.2 Å². The summed E-state index contributed by atoms with van der Waals surface area (Å²) >= 11 is 0. The van der Waals surface area contributed by atoms with Crippen LogP contribution in [0.25, 0.3) is 6.08 Å². The number of hydrogen-bond acceptors (Lipinski definition) is 4. The van der Waals surface area contributed by atoms with Crippen LogP contribution in [-0.2, 0) is 14.8 Å². The van der Waals surface area contributed by atoms with Crippen LogP contribution in [0.15, 0.2) is 23.2 Å². The molecule has 0 radical (unpaired) electrons. The van der Waals surface area contributed by atoms with Crippen LogP contribution in [-0.4, -0.2) is 33.7 Å². The lowest BCUT2D eigenvalue weighted by molar-refractivity contribution is -0.120. The number of carbonyl (C=O) groups excluding carboxylic acids is 1. The van der Waals surface area contributed by atoms with Gasteiger partial charge in [0.05, 0.1) is 24.1 Å². The van der Waals surface area contributed by atoms with Crippen molar-refractivity contribution < 1.29 is 17.9 Å². The molecule has 1 amide bonds. The predicted molar refractivity (Wildman–Crippen MR) is 83.4 cm³/mol. The SMILES string of the molecule is CCCS(=O)(=O)NCCC1C=c2ccc(OC)cc2=NC1=O. The maximum absolute atomic E-state index is 12.0. The summed E-state index contributed by atoms with van der Waals surface area (Å²) in [6.07, 6.45) is 2.79. The average Bonchev–Trinajstić information content (AvgIpc) is 2.47. The smallest absolute Gasteiger partial charge is 0.253 e. The van der Waals surface area contributed by atoms with Gasteiger partial charge in [-0.2, -0.15) is 0 Å². The molecule has 22 heavy (non-hydrogen) atoms. The zero-order valence-corrected chi connectivity index (χ0v) is 13.5. The van der Waals surface area contributed by atoms with Crippen molar-refractivity contribution in [3.05, 3.63) is 28.8 Å². The Labute approximate surface area is 130 Å². The van der Waals surface area contributed by atoms with E-state index in [1.165, 1.54) is 0 Å². The number of fused-ring (bicyclic) bond motifs is 1. The topological polar surface area (TPSA) is 84.8 Å². The summed E-state index contributed by atoms with van der Waals surface area (Å²) in [5, 5.41) is 1.45. The first-order valence-electron chi connectivity index (χ1n) is 7.21. The predicted octanol–water partition coefficient (Wildman–Crippen LogP) is -0.0288. The lowest BCUT2D eigenvalue weighted by atomic mass is 10.0. The zero-order chi connectivity index (χ0) is 16.2. The van der Waals surface area contributed by atoms with Crippen LogP contribution in [0.2, 0.25) is 0 Å². The number of rotatable bonds is 7. The third kappa shape index (κ3) is 4.14. The van der Waals surface area contributed by atoms with Gasteiger partial charge in [-0.05, 0) is 30.2 Å². The van der Waals surface area contributed by atoms with E-state index in [0.717, 1.165) is 5.22 Å². The molecule has 6 nitrogen and oxygen atoms in total. The fraction of sp³-hybridized carbons (Fsp3) is 0.467. The van der Waals surface area contributed by atoms with Crippen molar-refractivity contribution in [1.82, 2.24) is 4.72 Å². The van der Waals surface area contributed by atoms with Gasteiger partial charge >= 0.3 is 0 Å². The molecule has 0 aromatic heterocycles. The van der Waals surface area contributed by atoms with Gasteiger partial charge in [0.1, 0.15) is 5.75 Å². The maximum atomic E-state index is 12.0. The minimum atomic E-state index is -3.24. The molecule has 1 aliphatic rings. The summed E-state index contributed by atoms with van der Waals surface area (Å²) in [6.45, 7) is 2.04. The van der Waals surface area contributed by atoms with E-state index in [2.05, 4.69) is 9.71 Å². The Morgan fingerprint density at radius 1 is 1.36 bits per heavy atom. The number of hydrogen-bond donors (Lipinski definition) is 1. The van der Waals surface area contributed by atoms with Crippen molar-refractivity contribution in [3.63, 3.8) is 0 Å². The van der Waals surface area contributed by atoms with Crippen molar-refractivity contribution in [1.29, 1.82) is 0 Å². The van der Waals surface area contributed by atoms with Crippen LogP contribution in [0.4, 0.5) is 0 Å². The van der Waals surface area contributed by atoms with E-state index in [9.17, 15) is 13.2 Å². The minimum Gasteiger partial charge on any atom is -0.497 e. The van der Waals surface area contributed by atoms with E-state index in [1.54, 1.807) is 13.2 Å². The lowest BCUT2D eigenvalue weighted by Crippen LogP contribution is -2.35. The average molecular weight is 324 g/mol. The molecule has 0 fully saturated rings. The van der Waals surface area contributed by atoms with Crippen LogP contribution in [0.3, 0.4) is 0 Å². The molecule has 0 saturated carbocycles. The molecule has 0 spiro atoms. The molecule has 1 aliphatic heterocycles. The van der Waals surface area contributed by atoms with Crippen molar-refractivity contribution in [2.45, 2.75) is 19.8 Å². The molecule has 120 valence electrons. The Morgan fingerprint density at radius 3 is 2.82 bits per heavy atom. The van der Waals surface area contributed by atoms with Gasteiger partial charge in [0.15, 0.2) is 0 Å². The maximum Gasteiger partial charge on any atom is 0.253 e. The molecule has 1 aromatic rings. The number of amides is 1. The lowest BCUT2D eigenvalue weighted by Gasteiger charge is -2.13. The number of sulfonamides is 1. The second-order valence-electron chi connectivity index (χ2n) is 5.15. The third-order valence-corrected chi connectivity index (χ3v) is 5.01. The molecule has 1 unspecified atom stereocenters. The quantitative estimate of drug-likeness (QED) is 0.763. The molecule has 1 N–H and O–H groups in total. The number of methoxy groups -OCH3 is 1. The molecule has 0 aliphatic carbocycles. The Balaban J connectivity index is 2.07. The minimum absolute atomic E-state index is 0.0995. The second kappa shape index (κ2) is 7.02. The summed E-state index contributed by atoms with van der Waals surface area (Å²) in [4.78, 5) is 16.1. The summed E-state index contributed by atoms with van der Waals surface area (Å²) < 4.78 is 30.8. The first kappa shape index (κ1) is 16.6. The van der Waals surface area contributed by atoms with E-state index < -0.39 is 15.9 Å². The molecule has 1 aromatic carbocycles. The molecular formula is C15H20N2O4S. The largest absolute Gasteiger partial charge is 0.497 e. The molecule has 7 heteroatoms. The van der Waals surface area contributed by atoms with Gasteiger partial charge in [-0.25, -0.2) is 18.1 Å². The number of benzene rings is 1. The Kier molecular flexibility index (Phi) is 5.31. The van der Waals surface area contributed by atoms with Gasteiger partial charge in [-0.15, -0.1) is 0 Å². The first-order valence-corrected chi connectivity index (χ1v) is 8.86. The summed E-state index contributed by atoms with van der Waals surface area (Å²) in [6, 6.07) is 5.37. The van der Waals surface area contributed by atoms with Crippen LogP contribution >= 0.6 is 0 Å². The molecular weight excluding hydrogens is 304 g/mol. The van der Waals surface area contributed by atoms with Crippen molar-refractivity contribution in [2.75, 3.05) is 19.4 Å². The fourth-order valence-electron chi connectivity index (χ4n) is 2.30. The number of carbonyl (C=O) groups is 1. The zero-order valence-electron chi connectivity index (χ0n) is 12.7. The highest BCUT2D eigenvalue weighted by molar-refractivity contribution is 7.89. The monoisotopic (exact) mass is 324 g/mol. The van der Waals surface area contributed by atoms with Gasteiger partial charge in [0.25, 0.3) is 5.91 Å². The van der Waals surface area contributed by atoms with Crippen molar-refractivity contribution in [2.24, 2.45) is 10.9 Å². The van der Waals surface area contributed by atoms with Crippen molar-refractivity contribution >= 4 is 22.0 Å². The Bertz CT molecular complexity index is 771. The van der Waals surface area contributed by atoms with Crippen LogP contribution < -0.4 is 20.0 Å². The highest BCUT2D eigenvalue weighted by Crippen LogP contribution is 2.10. The normalized spacial score (nSPS) is 17.4. The van der Waals surface area contributed by atoms with Gasteiger partial charge in [0, 0.05) is 12.6 Å². The van der Waals surface area contributed by atoms with Crippen molar-refractivity contribution in [3.8, 4) is 5.75 Å². The highest BCUT2D eigenvalue weighted by atomic mass is 32.2. The summed E-state index contributed by atoms with van der Waals surface area (Å²) in [5.41, 5.74) is 0. The van der Waals surface area contributed by atoms with Gasteiger partial charge in [-0.1, -0.05) is 13.0 Å². The van der Waals surface area contributed by atoms with Crippen LogP contribution in [0.5, 0.6) is 5.75 Å². The van der Waals surface area contributed by atoms with Gasteiger partial charge < -0.3 is 4.74 Å². The molecule has 2 rings (SSSR count). The van der Waals surface area contributed by atoms with Gasteiger partial charge in [0.2, 0.25) is 10.0 Å². The van der Waals surface area contributed by atoms with Gasteiger partial charge in [-0.3, -0.25) is 4.79 Å². The summed E-state index contributed by atoms with van der Waals surface area (Å²) in [7, 11) is -1.68. The van der Waals surface area contributed by atoms with E-state index in [1.807, 2.05) is 25.1 Å². The van der Waals surface area contributed by atoms with E-state index in [0.29, 0.717) is 23.9 Å². The Morgan fingerprint density at radius 2 is 2.14 bits per heavy atom. The van der Waals surface area contributed by atoms with Crippen LogP contribution in [0, 0.1) is 5.92 Å². The number of ether oxygens (including phenoxy) is 1. The molecule has 1 heterocycles. The van der Waals surface area contributed by atoms with E-state index >= 15 is 0 Å². The third-order valence-electron chi connectivity index (χ3n) is 3.42. The molecule has 1 atom stereocenters. The summed E-state index contributed by atoms with van der Waals surface area (Å²) in [5.74, 6) is 0.0950. The first-order chi connectivity index (χ1) is 10.4.